The van der Waals surface area contributed by atoms with E-state index in [0.29, 0.717) is 16.5 Å². The number of nitrogens with one attached hydrogen (secondary N) is 2. The lowest BCUT2D eigenvalue weighted by Crippen LogP contribution is -2.70. The number of carboxylic acid groups (broad SMARTS) is 1. The molecule has 2 saturated heterocycles. The van der Waals surface area contributed by atoms with E-state index in [1.807, 2.05) is 0 Å². The normalized spacial score (nSPS) is 30.7. The van der Waals surface area contributed by atoms with Gasteiger partial charge in [0.05, 0.1) is 18.8 Å². The zero-order chi connectivity index (χ0) is 37.6. The first-order valence-electron chi connectivity index (χ1n) is 15.9. The number of carboxylic acids is 1. The summed E-state index contributed by atoms with van der Waals surface area (Å²) in [6.45, 7) is -0.347. The van der Waals surface area contributed by atoms with E-state index in [2.05, 4.69) is 10.6 Å². The summed E-state index contributed by atoms with van der Waals surface area (Å²) in [6, 6.07) is 11.2. The zero-order valence-electron chi connectivity index (χ0n) is 27.2. The molecule has 2 aromatic rings. The van der Waals surface area contributed by atoms with Gasteiger partial charge in [0.25, 0.3) is 0 Å². The first-order chi connectivity index (χ1) is 24.6. The Morgan fingerprint density at radius 1 is 0.904 bits per heavy atom. The van der Waals surface area contributed by atoms with E-state index in [-0.39, 0.29) is 44.4 Å². The van der Waals surface area contributed by atoms with E-state index in [9.17, 15) is 55.5 Å². The zero-order valence-corrected chi connectivity index (χ0v) is 28.0. The van der Waals surface area contributed by atoms with Crippen LogP contribution in [0, 0.1) is 0 Å². The number of aliphatic hydroxyl groups excluding tert-OH is 7. The summed E-state index contributed by atoms with van der Waals surface area (Å²) >= 11 is 5.46. The van der Waals surface area contributed by atoms with Gasteiger partial charge in [-0.2, -0.15) is 0 Å². The van der Waals surface area contributed by atoms with Crippen molar-refractivity contribution in [3.63, 3.8) is 0 Å². The number of aliphatic hydroxyl groups is 7. The molecule has 3 aliphatic heterocycles. The van der Waals surface area contributed by atoms with Gasteiger partial charge in [-0.1, -0.05) is 6.07 Å². The largest absolute Gasteiger partial charge is 0.508 e. The Morgan fingerprint density at radius 3 is 2.29 bits per heavy atom. The lowest BCUT2D eigenvalue weighted by atomic mass is 9.90. The van der Waals surface area contributed by atoms with Crippen LogP contribution in [0.4, 0.5) is 5.69 Å². The molecule has 0 aromatic heterocycles. The first-order valence-corrected chi connectivity index (χ1v) is 16.3. The van der Waals surface area contributed by atoms with Crippen molar-refractivity contribution in [3.8, 4) is 28.2 Å². The molecule has 0 radical (unpaired) electrons. The molecule has 17 nitrogen and oxygen atoms in total. The number of hydrogen-bond acceptors (Lipinski definition) is 15. The van der Waals surface area contributed by atoms with Gasteiger partial charge in [-0.3, -0.25) is 4.79 Å². The summed E-state index contributed by atoms with van der Waals surface area (Å²) in [5.41, 5.74) is 0.905. The molecule has 0 bridgehead atoms. The van der Waals surface area contributed by atoms with Crippen LogP contribution in [0.5, 0.6) is 5.75 Å². The molecule has 18 heteroatoms. The minimum absolute atomic E-state index is 0.110. The molecule has 2 aromatic carbocycles. The monoisotopic (exact) mass is 744 g/mol. The van der Waals surface area contributed by atoms with Crippen LogP contribution in [0.15, 0.2) is 63.8 Å². The van der Waals surface area contributed by atoms with Crippen LogP contribution in [-0.4, -0.2) is 131 Å². The predicted octanol–water partition coefficient (Wildman–Crippen LogP) is -0.731. The van der Waals surface area contributed by atoms with Crippen molar-refractivity contribution < 1.29 is 69.4 Å². The average Bonchev–Trinajstić information content (AvgIpc) is 3.11. The maximum absolute atomic E-state index is 12.7. The van der Waals surface area contributed by atoms with Gasteiger partial charge in [0.2, 0.25) is 0 Å². The number of hydrogen-bond donors (Lipinski definition) is 11. The number of fused-ring (bicyclic) bond motifs is 2. The van der Waals surface area contributed by atoms with Gasteiger partial charge < -0.3 is 75.2 Å². The van der Waals surface area contributed by atoms with Crippen molar-refractivity contribution >= 4 is 40.0 Å². The number of phenolic OH excluding ortho intramolecular Hbond substituents is 1. The molecule has 3 heterocycles. The van der Waals surface area contributed by atoms with Gasteiger partial charge in [0.1, 0.15) is 65.9 Å². The smallest absolute Gasteiger partial charge is 0.336 e. The number of aromatic hydroxyl groups is 1. The van der Waals surface area contributed by atoms with Crippen LogP contribution in [0.3, 0.4) is 0 Å². The molecule has 2 fully saturated rings. The van der Waals surface area contributed by atoms with Crippen LogP contribution in [-0.2, 0) is 14.2 Å². The fourth-order valence-corrected chi connectivity index (χ4v) is 6.71. The molecular weight excluding hydrogens is 708 g/mol. The third kappa shape index (κ3) is 6.94. The third-order valence-corrected chi connectivity index (χ3v) is 9.36. The van der Waals surface area contributed by atoms with Gasteiger partial charge in [0, 0.05) is 34.3 Å². The highest BCUT2D eigenvalue weighted by Gasteiger charge is 2.55. The van der Waals surface area contributed by atoms with Crippen molar-refractivity contribution in [3.05, 3.63) is 70.4 Å². The van der Waals surface area contributed by atoms with Gasteiger partial charge >= 0.3 is 5.97 Å². The molecule has 52 heavy (non-hydrogen) atoms. The maximum Gasteiger partial charge on any atom is 0.336 e. The van der Waals surface area contributed by atoms with E-state index < -0.39 is 80.0 Å². The Kier molecular flexibility index (Phi) is 10.5. The number of aromatic carboxylic acids is 1. The molecule has 0 amide bonds. The minimum atomic E-state index is -2.16. The number of phenols is 1. The summed E-state index contributed by atoms with van der Waals surface area (Å²) in [4.78, 5) is 24.8. The molecule has 4 aliphatic rings. The summed E-state index contributed by atoms with van der Waals surface area (Å²) in [7, 11) is 0. The Bertz CT molecular complexity index is 2010. The van der Waals surface area contributed by atoms with Crippen LogP contribution in [0.1, 0.15) is 17.3 Å². The Labute approximate surface area is 299 Å². The number of carbonyl (C=O) groups is 1. The number of thiocarbonyl (C=S) groups is 1. The van der Waals surface area contributed by atoms with E-state index in [1.165, 1.54) is 55.5 Å². The summed E-state index contributed by atoms with van der Waals surface area (Å²) in [5, 5.41) is 98.6. The second-order valence-corrected chi connectivity index (χ2v) is 13.0. The van der Waals surface area contributed by atoms with Crippen molar-refractivity contribution in [1.29, 1.82) is 0 Å². The highest BCUT2D eigenvalue weighted by atomic mass is 32.1. The number of benzene rings is 3. The van der Waals surface area contributed by atoms with E-state index in [4.69, 9.17) is 30.8 Å². The van der Waals surface area contributed by atoms with Crippen LogP contribution < -0.4 is 16.1 Å². The van der Waals surface area contributed by atoms with Crippen LogP contribution in [0.25, 0.3) is 33.4 Å². The van der Waals surface area contributed by atoms with Crippen molar-refractivity contribution in [2.45, 2.75) is 67.8 Å². The van der Waals surface area contributed by atoms with Gasteiger partial charge in [0.15, 0.2) is 22.6 Å². The van der Waals surface area contributed by atoms with Crippen LogP contribution in [0.2, 0.25) is 0 Å². The standard InChI is InChI=1S/C34H36N2O15S/c1-34(30(45)29(44)27(42)23(12-38)50-34)51-32-25(28(43)26(41)22(11-37)49-32)36-33(52)35-13-2-5-16(19(8-13)31(46)47)24-17-6-3-14(39)9-20(17)48-21-10-15(40)4-7-18(21)24/h2-10,22-23,25-30,32,37-39,41-45H,11-12H2,1H3,(H,46,47)(H2,35,36,52)/t22?,23?,25?,26-,27-,28?,29+,30?,32-,34-/m1/s1. The number of ether oxygens (including phenoxy) is 3. The lowest BCUT2D eigenvalue weighted by molar-refractivity contribution is -0.407. The molecule has 0 spiro atoms. The average molecular weight is 745 g/mol. The lowest BCUT2D eigenvalue weighted by Gasteiger charge is -2.50. The van der Waals surface area contributed by atoms with E-state index in [1.54, 1.807) is 6.07 Å². The first kappa shape index (κ1) is 37.4. The topological polar surface area (TPSA) is 281 Å². The third-order valence-electron chi connectivity index (χ3n) is 9.14. The molecular formula is C34H36N2O15S. The summed E-state index contributed by atoms with van der Waals surface area (Å²) in [6.07, 6.45) is -13.3. The highest BCUT2D eigenvalue weighted by molar-refractivity contribution is 7.80. The molecule has 5 unspecified atom stereocenters. The molecule has 278 valence electrons. The quantitative estimate of drug-likeness (QED) is 0.0783. The van der Waals surface area contributed by atoms with Gasteiger partial charge in [-0.25, -0.2) is 4.79 Å². The van der Waals surface area contributed by atoms with E-state index >= 15 is 0 Å². The molecule has 6 rings (SSSR count). The second kappa shape index (κ2) is 14.6. The summed E-state index contributed by atoms with van der Waals surface area (Å²) in [5.74, 6) is -3.43. The Balaban J connectivity index is 1.30. The predicted molar refractivity (Wildman–Crippen MR) is 184 cm³/mol. The van der Waals surface area contributed by atoms with Gasteiger partial charge in [-0.05, 0) is 61.1 Å². The van der Waals surface area contributed by atoms with E-state index in [0.717, 1.165) is 0 Å². The fraction of sp³-hybridized carbons (Fsp3) is 0.382. The molecule has 1 aliphatic carbocycles. The Morgan fingerprint density at radius 2 is 1.60 bits per heavy atom. The van der Waals surface area contributed by atoms with Gasteiger partial charge in [-0.15, -0.1) is 0 Å². The fourth-order valence-electron chi connectivity index (χ4n) is 6.45. The van der Waals surface area contributed by atoms with Crippen LogP contribution >= 0.6 is 12.2 Å². The Hall–Kier alpha value is -4.31. The van der Waals surface area contributed by atoms with Crippen molar-refractivity contribution in [2.24, 2.45) is 0 Å². The SMILES string of the molecule is C[C@]1(O[C@H]2OC(CO)[C@@H](O)C(O)C2NC(=S)Nc2ccc(-c3c4ccc(=O)cc-4oc4cc(O)ccc34)c(C(=O)O)c2)OC(CO)[C@@H](O)[C@H](O)C1O. The maximum atomic E-state index is 12.7. The summed E-state index contributed by atoms with van der Waals surface area (Å²) < 4.78 is 23.0. The molecule has 0 saturated carbocycles. The van der Waals surface area contributed by atoms with Crippen molar-refractivity contribution in [1.82, 2.24) is 5.32 Å². The second-order valence-electron chi connectivity index (χ2n) is 12.6. The van der Waals surface area contributed by atoms with Crippen molar-refractivity contribution in [2.75, 3.05) is 18.5 Å². The number of rotatable bonds is 8. The molecule has 10 atom stereocenters. The number of anilines is 1. The molecule has 11 N–H and O–H groups in total. The minimum Gasteiger partial charge on any atom is -0.508 e. The highest BCUT2D eigenvalue weighted by Crippen LogP contribution is 2.42.